The fourth-order valence-corrected chi connectivity index (χ4v) is 4.07. The smallest absolute Gasteiger partial charge is 0.253 e. The van der Waals surface area contributed by atoms with Gasteiger partial charge in [0.25, 0.3) is 5.91 Å². The van der Waals surface area contributed by atoms with E-state index in [1.807, 2.05) is 73.0 Å². The third-order valence-electron chi connectivity index (χ3n) is 6.05. The Kier molecular flexibility index (Phi) is 6.87. The van der Waals surface area contributed by atoms with E-state index >= 15 is 0 Å². The number of aromatic nitrogens is 2. The van der Waals surface area contributed by atoms with E-state index in [1.165, 1.54) is 0 Å². The first kappa shape index (κ1) is 22.7. The van der Waals surface area contributed by atoms with E-state index in [0.717, 1.165) is 40.2 Å². The first-order valence-electron chi connectivity index (χ1n) is 11.5. The number of fused-ring (bicyclic) bond motifs is 1. The Balaban J connectivity index is 1.39. The molecule has 2 aromatic carbocycles. The van der Waals surface area contributed by atoms with Gasteiger partial charge in [0.15, 0.2) is 0 Å². The van der Waals surface area contributed by atoms with Crippen LogP contribution in [0.4, 0.5) is 0 Å². The summed E-state index contributed by atoms with van der Waals surface area (Å²) in [6.45, 7) is 8.75. The Hall–Kier alpha value is -3.48. The molecular weight excluding hydrogens is 416 g/mol. The van der Waals surface area contributed by atoms with Crippen LogP contribution in [0.3, 0.4) is 0 Å². The molecule has 3 aromatic rings. The van der Waals surface area contributed by atoms with Gasteiger partial charge in [0.2, 0.25) is 5.91 Å². The van der Waals surface area contributed by atoms with E-state index < -0.39 is 0 Å². The maximum absolute atomic E-state index is 13.2. The highest BCUT2D eigenvalue weighted by molar-refractivity contribution is 5.97. The van der Waals surface area contributed by atoms with Crippen molar-refractivity contribution in [2.75, 3.05) is 32.8 Å². The number of rotatable bonds is 5. The summed E-state index contributed by atoms with van der Waals surface area (Å²) in [5, 5.41) is 0. The molecule has 172 valence electrons. The highest BCUT2D eigenvalue weighted by Gasteiger charge is 2.23. The Morgan fingerprint density at radius 1 is 0.879 bits per heavy atom. The molecule has 33 heavy (non-hydrogen) atoms. The molecule has 1 aromatic heterocycles. The van der Waals surface area contributed by atoms with Crippen LogP contribution < -0.4 is 4.74 Å². The number of aryl methyl sites for hydroxylation is 2. The second kappa shape index (κ2) is 9.98. The zero-order chi connectivity index (χ0) is 23.4. The van der Waals surface area contributed by atoms with Gasteiger partial charge in [-0.3, -0.25) is 9.59 Å². The Morgan fingerprint density at radius 2 is 1.55 bits per heavy atom. The monoisotopic (exact) mass is 446 g/mol. The van der Waals surface area contributed by atoms with E-state index in [2.05, 4.69) is 9.97 Å². The summed E-state index contributed by atoms with van der Waals surface area (Å²) >= 11 is 0. The summed E-state index contributed by atoms with van der Waals surface area (Å²) in [5.74, 6) is 0.862. The van der Waals surface area contributed by atoms with Gasteiger partial charge in [0, 0.05) is 31.7 Å². The van der Waals surface area contributed by atoms with Crippen LogP contribution in [0.25, 0.3) is 11.0 Å². The van der Waals surface area contributed by atoms with Gasteiger partial charge in [-0.25, -0.2) is 9.97 Å². The van der Waals surface area contributed by atoms with Crippen molar-refractivity contribution in [3.63, 3.8) is 0 Å². The molecule has 0 saturated carbocycles. The number of hydrogen-bond donors (Lipinski definition) is 0. The summed E-state index contributed by atoms with van der Waals surface area (Å²) in [5.41, 5.74) is 4.84. The van der Waals surface area contributed by atoms with Gasteiger partial charge in [-0.15, -0.1) is 0 Å². The van der Waals surface area contributed by atoms with E-state index in [4.69, 9.17) is 4.74 Å². The predicted molar refractivity (Wildman–Crippen MR) is 127 cm³/mol. The van der Waals surface area contributed by atoms with Crippen LogP contribution in [0.15, 0.2) is 42.5 Å². The van der Waals surface area contributed by atoms with Gasteiger partial charge >= 0.3 is 0 Å². The maximum atomic E-state index is 13.2. The van der Waals surface area contributed by atoms with E-state index in [9.17, 15) is 9.59 Å². The van der Waals surface area contributed by atoms with Crippen molar-refractivity contribution in [2.45, 2.75) is 33.6 Å². The molecule has 2 heterocycles. The van der Waals surface area contributed by atoms with Crippen LogP contribution in [0, 0.1) is 13.8 Å². The molecule has 0 bridgehead atoms. The number of ether oxygens (including phenoxy) is 1. The van der Waals surface area contributed by atoms with E-state index in [1.54, 1.807) is 0 Å². The number of benzene rings is 2. The average molecular weight is 447 g/mol. The molecule has 1 aliphatic heterocycles. The standard InChI is InChI=1S/C26H30N4O3/c1-4-33-22-9-6-20(7-10-22)16-25(31)29-12-5-13-30(15-14-29)26(32)21-8-11-23-24(17-21)28-19(3)18(2)27-23/h6-11,17H,4-5,12-16H2,1-3H3. The largest absolute Gasteiger partial charge is 0.494 e. The Labute approximate surface area is 194 Å². The van der Waals surface area contributed by atoms with Gasteiger partial charge < -0.3 is 14.5 Å². The Bertz CT molecular complexity index is 1160. The SMILES string of the molecule is CCOc1ccc(CC(=O)N2CCCN(C(=O)c3ccc4nc(C)c(C)nc4c3)CC2)cc1. The highest BCUT2D eigenvalue weighted by atomic mass is 16.5. The quantitative estimate of drug-likeness (QED) is 0.599. The lowest BCUT2D eigenvalue weighted by atomic mass is 10.1. The van der Waals surface area contributed by atoms with Gasteiger partial charge in [0.05, 0.1) is 35.4 Å². The molecule has 4 rings (SSSR count). The van der Waals surface area contributed by atoms with Gasteiger partial charge in [-0.2, -0.15) is 0 Å². The molecule has 0 unspecified atom stereocenters. The molecule has 0 spiro atoms. The third kappa shape index (κ3) is 5.30. The number of hydrogen-bond acceptors (Lipinski definition) is 5. The molecular formula is C26H30N4O3. The van der Waals surface area contributed by atoms with E-state index in [0.29, 0.717) is 44.8 Å². The van der Waals surface area contributed by atoms with Gasteiger partial charge in [-0.1, -0.05) is 12.1 Å². The number of carbonyl (C=O) groups is 2. The van der Waals surface area contributed by atoms with E-state index in [-0.39, 0.29) is 11.8 Å². The summed E-state index contributed by atoms with van der Waals surface area (Å²) < 4.78 is 5.46. The minimum absolute atomic E-state index is 0.0299. The van der Waals surface area contributed by atoms with Gasteiger partial charge in [-0.05, 0) is 63.1 Å². The second-order valence-corrected chi connectivity index (χ2v) is 8.38. The summed E-state index contributed by atoms with van der Waals surface area (Å²) in [6.07, 6.45) is 1.11. The molecule has 1 saturated heterocycles. The molecule has 0 radical (unpaired) electrons. The van der Waals surface area contributed by atoms with Crippen molar-refractivity contribution in [1.29, 1.82) is 0 Å². The van der Waals surface area contributed by atoms with Crippen LogP contribution in [0.1, 0.15) is 40.7 Å². The third-order valence-corrected chi connectivity index (χ3v) is 6.05. The number of carbonyl (C=O) groups excluding carboxylic acids is 2. The first-order chi connectivity index (χ1) is 15.9. The lowest BCUT2D eigenvalue weighted by molar-refractivity contribution is -0.130. The highest BCUT2D eigenvalue weighted by Crippen LogP contribution is 2.18. The lowest BCUT2D eigenvalue weighted by Crippen LogP contribution is -2.38. The summed E-state index contributed by atoms with van der Waals surface area (Å²) in [4.78, 5) is 38.8. The normalized spacial score (nSPS) is 14.3. The lowest BCUT2D eigenvalue weighted by Gasteiger charge is -2.22. The van der Waals surface area contributed by atoms with Crippen LogP contribution in [0.5, 0.6) is 5.75 Å². The van der Waals surface area contributed by atoms with Crippen molar-refractivity contribution in [1.82, 2.24) is 19.8 Å². The predicted octanol–water partition coefficient (Wildman–Crippen LogP) is 3.56. The van der Waals surface area contributed by atoms with Gasteiger partial charge in [0.1, 0.15) is 5.75 Å². The molecule has 0 N–H and O–H groups in total. The Morgan fingerprint density at radius 3 is 2.27 bits per heavy atom. The molecule has 0 atom stereocenters. The average Bonchev–Trinajstić information content (AvgIpc) is 3.07. The zero-order valence-electron chi connectivity index (χ0n) is 19.5. The molecule has 7 nitrogen and oxygen atoms in total. The molecule has 0 aliphatic carbocycles. The summed E-state index contributed by atoms with van der Waals surface area (Å²) in [6, 6.07) is 13.1. The molecule has 1 fully saturated rings. The molecule has 2 amide bonds. The van der Waals surface area contributed by atoms with Crippen molar-refractivity contribution in [2.24, 2.45) is 0 Å². The van der Waals surface area contributed by atoms with Crippen LogP contribution in [0.2, 0.25) is 0 Å². The van der Waals surface area contributed by atoms with Crippen molar-refractivity contribution in [3.05, 3.63) is 65.0 Å². The topological polar surface area (TPSA) is 75.6 Å². The first-order valence-corrected chi connectivity index (χ1v) is 11.5. The fraction of sp³-hybridized carbons (Fsp3) is 0.385. The fourth-order valence-electron chi connectivity index (χ4n) is 4.07. The number of nitrogens with zero attached hydrogens (tertiary/aromatic N) is 4. The minimum Gasteiger partial charge on any atom is -0.494 e. The van der Waals surface area contributed by atoms with Crippen LogP contribution >= 0.6 is 0 Å². The maximum Gasteiger partial charge on any atom is 0.253 e. The second-order valence-electron chi connectivity index (χ2n) is 8.38. The molecule has 7 heteroatoms. The minimum atomic E-state index is -0.0299. The number of amides is 2. The van der Waals surface area contributed by atoms with Crippen molar-refractivity contribution < 1.29 is 14.3 Å². The summed E-state index contributed by atoms with van der Waals surface area (Å²) in [7, 11) is 0. The van der Waals surface area contributed by atoms with Crippen LogP contribution in [-0.2, 0) is 11.2 Å². The van der Waals surface area contributed by atoms with Crippen molar-refractivity contribution in [3.8, 4) is 5.75 Å². The van der Waals surface area contributed by atoms with Crippen LogP contribution in [-0.4, -0.2) is 64.4 Å². The van der Waals surface area contributed by atoms with Crippen molar-refractivity contribution >= 4 is 22.8 Å². The molecule has 1 aliphatic rings. The zero-order valence-corrected chi connectivity index (χ0v) is 19.5.